The molecule has 2 amide bonds. The summed E-state index contributed by atoms with van der Waals surface area (Å²) >= 11 is 0. The summed E-state index contributed by atoms with van der Waals surface area (Å²) in [6.45, 7) is 6.02. The van der Waals surface area contributed by atoms with E-state index in [-0.39, 0.29) is 11.8 Å². The van der Waals surface area contributed by atoms with Gasteiger partial charge in [-0.25, -0.2) is 4.98 Å². The van der Waals surface area contributed by atoms with Crippen LogP contribution in [-0.4, -0.2) is 35.9 Å². The van der Waals surface area contributed by atoms with E-state index < -0.39 is 0 Å². The van der Waals surface area contributed by atoms with E-state index in [1.807, 2.05) is 38.1 Å². The van der Waals surface area contributed by atoms with Gasteiger partial charge in [-0.15, -0.1) is 0 Å². The molecule has 6 nitrogen and oxygen atoms in total. The zero-order valence-electron chi connectivity index (χ0n) is 17.2. The third-order valence-electron chi connectivity index (χ3n) is 5.50. The fraction of sp³-hybridized carbons (Fsp3) is 0.261. The van der Waals surface area contributed by atoms with E-state index in [9.17, 15) is 9.59 Å². The number of nitrogens with zero attached hydrogens (tertiary/aromatic N) is 2. The fourth-order valence-electron chi connectivity index (χ4n) is 4.18. The molecule has 0 bridgehead atoms. The number of methoxy groups -OCH3 is 1. The summed E-state index contributed by atoms with van der Waals surface area (Å²) in [6, 6.07) is 7.82. The number of carbonyl (C=O) groups excluding carboxylic acids is 2. The maximum absolute atomic E-state index is 13.1. The first-order valence-corrected chi connectivity index (χ1v) is 9.45. The van der Waals surface area contributed by atoms with Gasteiger partial charge in [-0.1, -0.05) is 6.07 Å². The maximum Gasteiger partial charge on any atom is 0.254 e. The third kappa shape index (κ3) is 3.01. The average molecular weight is 389 g/mol. The summed E-state index contributed by atoms with van der Waals surface area (Å²) in [7, 11) is 3.46. The largest absolute Gasteiger partial charge is 0.496 e. The van der Waals surface area contributed by atoms with E-state index in [0.717, 1.165) is 44.3 Å². The molecule has 148 valence electrons. The molecule has 2 heterocycles. The second-order valence-electron chi connectivity index (χ2n) is 7.50. The molecule has 1 aliphatic heterocycles. The Labute approximate surface area is 169 Å². The lowest BCUT2D eigenvalue weighted by atomic mass is 9.88. The predicted molar refractivity (Wildman–Crippen MR) is 113 cm³/mol. The molecule has 2 aromatic carbocycles. The van der Waals surface area contributed by atoms with Crippen LogP contribution in [0.5, 0.6) is 5.75 Å². The van der Waals surface area contributed by atoms with Gasteiger partial charge in [0, 0.05) is 32.1 Å². The number of aryl methyl sites for hydroxylation is 1. The van der Waals surface area contributed by atoms with Crippen molar-refractivity contribution >= 4 is 28.4 Å². The Morgan fingerprint density at radius 3 is 2.66 bits per heavy atom. The summed E-state index contributed by atoms with van der Waals surface area (Å²) in [5.41, 5.74) is 5.65. The van der Waals surface area contributed by atoms with Crippen LogP contribution in [0, 0.1) is 13.8 Å². The van der Waals surface area contributed by atoms with Gasteiger partial charge >= 0.3 is 0 Å². The summed E-state index contributed by atoms with van der Waals surface area (Å²) in [6.07, 6.45) is 1.75. The molecular formula is C23H23N3O3. The highest BCUT2D eigenvalue weighted by Gasteiger charge is 2.31. The highest BCUT2D eigenvalue weighted by molar-refractivity contribution is 6.11. The number of hydrogen-bond acceptors (Lipinski definition) is 4. The van der Waals surface area contributed by atoms with Crippen molar-refractivity contribution in [2.24, 2.45) is 0 Å². The summed E-state index contributed by atoms with van der Waals surface area (Å²) < 4.78 is 5.52. The first-order valence-electron chi connectivity index (χ1n) is 9.45. The molecular weight excluding hydrogens is 366 g/mol. The van der Waals surface area contributed by atoms with Gasteiger partial charge in [-0.2, -0.15) is 0 Å². The van der Waals surface area contributed by atoms with Crippen LogP contribution < -0.4 is 10.1 Å². The molecule has 0 fully saturated rings. The molecule has 0 spiro atoms. The number of pyridine rings is 1. The molecule has 1 N–H and O–H groups in total. The number of ether oxygens (including phenoxy) is 1. The monoisotopic (exact) mass is 389 g/mol. The van der Waals surface area contributed by atoms with Crippen molar-refractivity contribution in [1.29, 1.82) is 0 Å². The van der Waals surface area contributed by atoms with E-state index in [4.69, 9.17) is 4.74 Å². The third-order valence-corrected chi connectivity index (χ3v) is 5.50. The number of anilines is 1. The Bertz CT molecular complexity index is 1180. The number of benzene rings is 2. The van der Waals surface area contributed by atoms with Crippen molar-refractivity contribution in [3.05, 3.63) is 52.7 Å². The number of fused-ring (bicyclic) bond motifs is 3. The van der Waals surface area contributed by atoms with E-state index in [2.05, 4.69) is 10.3 Å². The van der Waals surface area contributed by atoms with Gasteiger partial charge in [0.05, 0.1) is 12.7 Å². The van der Waals surface area contributed by atoms with Gasteiger partial charge in [0.25, 0.3) is 5.91 Å². The minimum Gasteiger partial charge on any atom is -0.496 e. The first kappa shape index (κ1) is 18.9. The molecule has 0 radical (unpaired) electrons. The SMILES string of the molecule is COc1ccc(C)c(-c2cc3cnc(NC(C)=O)cc3c3c2C(=O)N(C)C3)c1C. The summed E-state index contributed by atoms with van der Waals surface area (Å²) in [5.74, 6) is 1.09. The van der Waals surface area contributed by atoms with Crippen molar-refractivity contribution in [2.75, 3.05) is 19.5 Å². The molecule has 6 heteroatoms. The minimum atomic E-state index is -0.180. The summed E-state index contributed by atoms with van der Waals surface area (Å²) in [4.78, 5) is 30.6. The topological polar surface area (TPSA) is 71.5 Å². The van der Waals surface area contributed by atoms with Gasteiger partial charge in [0.2, 0.25) is 5.91 Å². The molecule has 1 aromatic heterocycles. The minimum absolute atomic E-state index is 0.00332. The van der Waals surface area contributed by atoms with Crippen LogP contribution in [0.2, 0.25) is 0 Å². The van der Waals surface area contributed by atoms with Crippen LogP contribution >= 0.6 is 0 Å². The van der Waals surface area contributed by atoms with E-state index in [1.165, 1.54) is 6.92 Å². The van der Waals surface area contributed by atoms with Gasteiger partial charge in [-0.3, -0.25) is 9.59 Å². The number of aromatic nitrogens is 1. The number of carbonyl (C=O) groups is 2. The molecule has 0 saturated carbocycles. The van der Waals surface area contributed by atoms with Crippen LogP contribution in [0.3, 0.4) is 0 Å². The van der Waals surface area contributed by atoms with Crippen molar-refractivity contribution in [3.63, 3.8) is 0 Å². The average Bonchev–Trinajstić information content (AvgIpc) is 2.97. The highest BCUT2D eigenvalue weighted by atomic mass is 16.5. The number of nitrogens with one attached hydrogen (secondary N) is 1. The first-order chi connectivity index (χ1) is 13.8. The van der Waals surface area contributed by atoms with Crippen molar-refractivity contribution in [3.8, 4) is 16.9 Å². The molecule has 0 saturated heterocycles. The normalized spacial score (nSPS) is 13.0. The van der Waals surface area contributed by atoms with Crippen molar-refractivity contribution in [2.45, 2.75) is 27.3 Å². The second kappa shape index (κ2) is 6.88. The Morgan fingerprint density at radius 2 is 1.97 bits per heavy atom. The lowest BCUT2D eigenvalue weighted by Crippen LogP contribution is -2.18. The zero-order chi connectivity index (χ0) is 20.9. The zero-order valence-corrected chi connectivity index (χ0v) is 17.2. The second-order valence-corrected chi connectivity index (χ2v) is 7.50. The Kier molecular flexibility index (Phi) is 4.49. The number of amides is 2. The lowest BCUT2D eigenvalue weighted by Gasteiger charge is -2.17. The molecule has 4 rings (SSSR count). The molecule has 1 aliphatic rings. The van der Waals surface area contributed by atoms with E-state index >= 15 is 0 Å². The van der Waals surface area contributed by atoms with Crippen LogP contribution in [-0.2, 0) is 11.3 Å². The lowest BCUT2D eigenvalue weighted by molar-refractivity contribution is -0.114. The molecule has 0 unspecified atom stereocenters. The standard InChI is InChI=1S/C23H23N3O3/c1-12-6-7-19(29-5)13(2)21(12)17-8-15-10-24-20(25-14(3)27)9-16(15)18-11-26(4)23(28)22(17)18/h6-10H,11H2,1-5H3,(H,24,25,27). The molecule has 3 aromatic rings. The molecule has 29 heavy (non-hydrogen) atoms. The highest BCUT2D eigenvalue weighted by Crippen LogP contribution is 2.42. The van der Waals surface area contributed by atoms with Crippen molar-refractivity contribution < 1.29 is 14.3 Å². The van der Waals surface area contributed by atoms with Gasteiger partial charge in [-0.05, 0) is 65.3 Å². The molecule has 0 aliphatic carbocycles. The Balaban J connectivity index is 2.05. The number of rotatable bonds is 3. The Hall–Kier alpha value is -3.41. The predicted octanol–water partition coefficient (Wildman–Crippen LogP) is 4.07. The smallest absolute Gasteiger partial charge is 0.254 e. The Morgan fingerprint density at radius 1 is 1.21 bits per heavy atom. The fourth-order valence-corrected chi connectivity index (χ4v) is 4.18. The van der Waals surface area contributed by atoms with Gasteiger partial charge < -0.3 is 15.0 Å². The quantitative estimate of drug-likeness (QED) is 0.733. The van der Waals surface area contributed by atoms with Crippen LogP contribution in [0.15, 0.2) is 30.5 Å². The summed E-state index contributed by atoms with van der Waals surface area (Å²) in [5, 5.41) is 4.58. The molecule has 0 atom stereocenters. The van der Waals surface area contributed by atoms with Gasteiger partial charge in [0.15, 0.2) is 0 Å². The van der Waals surface area contributed by atoms with E-state index in [1.54, 1.807) is 25.3 Å². The van der Waals surface area contributed by atoms with Crippen LogP contribution in [0.1, 0.15) is 34.0 Å². The van der Waals surface area contributed by atoms with Crippen LogP contribution in [0.4, 0.5) is 5.82 Å². The van der Waals surface area contributed by atoms with Gasteiger partial charge in [0.1, 0.15) is 11.6 Å². The van der Waals surface area contributed by atoms with Crippen LogP contribution in [0.25, 0.3) is 21.9 Å². The van der Waals surface area contributed by atoms with Crippen molar-refractivity contribution in [1.82, 2.24) is 9.88 Å². The number of hydrogen-bond donors (Lipinski definition) is 1. The van der Waals surface area contributed by atoms with E-state index in [0.29, 0.717) is 17.9 Å². The maximum atomic E-state index is 13.1.